The molecule has 0 spiro atoms. The summed E-state index contributed by atoms with van der Waals surface area (Å²) in [5.41, 5.74) is 0. The molecule has 70 valence electrons. The van der Waals surface area contributed by atoms with Gasteiger partial charge in [0.1, 0.15) is 0 Å². The third kappa shape index (κ3) is 5.67. The van der Waals surface area contributed by atoms with Gasteiger partial charge in [0.2, 0.25) is 0 Å². The molecule has 0 fully saturated rings. The van der Waals surface area contributed by atoms with Crippen LogP contribution >= 0.6 is 0 Å². The van der Waals surface area contributed by atoms with E-state index in [9.17, 15) is 9.59 Å². The van der Waals surface area contributed by atoms with E-state index in [1.54, 1.807) is 7.11 Å². The van der Waals surface area contributed by atoms with Crippen LogP contribution in [0.3, 0.4) is 0 Å². The molecule has 5 nitrogen and oxygen atoms in total. The molecule has 0 saturated heterocycles. The quantitative estimate of drug-likeness (QED) is 0.441. The number of carboxylic acids is 1. The van der Waals surface area contributed by atoms with E-state index in [4.69, 9.17) is 9.84 Å². The molecule has 0 bridgehead atoms. The summed E-state index contributed by atoms with van der Waals surface area (Å²) in [6.07, 6.45) is 1.54. The number of nitrogens with one attached hydrogen (secondary N) is 1. The molecule has 0 saturated carbocycles. The highest BCUT2D eigenvalue weighted by atomic mass is 16.5. The summed E-state index contributed by atoms with van der Waals surface area (Å²) in [5.74, 6) is -2.39. The summed E-state index contributed by atoms with van der Waals surface area (Å²) >= 11 is 0. The van der Waals surface area contributed by atoms with Crippen molar-refractivity contribution in [3.05, 3.63) is 0 Å². The number of ether oxygens (including phenoxy) is 1. The highest BCUT2D eigenvalue weighted by Gasteiger charge is 2.08. The van der Waals surface area contributed by atoms with Crippen molar-refractivity contribution in [3.8, 4) is 0 Å². The first-order chi connectivity index (χ1) is 5.68. The van der Waals surface area contributed by atoms with Crippen LogP contribution in [0.15, 0.2) is 0 Å². The van der Waals surface area contributed by atoms with Gasteiger partial charge in [-0.1, -0.05) is 0 Å². The standard InChI is InChI=1S/C7H13NO4/c1-12-5-3-2-4-8-6(9)7(10)11/h2-5H2,1H3,(H,8,9)(H,10,11). The maximum absolute atomic E-state index is 10.4. The predicted octanol–water partition coefficient (Wildman–Crippen LogP) is -0.386. The largest absolute Gasteiger partial charge is 0.474 e. The van der Waals surface area contributed by atoms with E-state index in [-0.39, 0.29) is 0 Å². The van der Waals surface area contributed by atoms with E-state index in [0.29, 0.717) is 13.2 Å². The van der Waals surface area contributed by atoms with Gasteiger partial charge in [-0.25, -0.2) is 4.79 Å². The number of carbonyl (C=O) groups excluding carboxylic acids is 1. The van der Waals surface area contributed by atoms with Crippen molar-refractivity contribution < 1.29 is 19.4 Å². The highest BCUT2D eigenvalue weighted by Crippen LogP contribution is 1.86. The fourth-order valence-electron chi connectivity index (χ4n) is 0.649. The molecule has 0 aromatic carbocycles. The van der Waals surface area contributed by atoms with Gasteiger partial charge in [0.25, 0.3) is 0 Å². The summed E-state index contributed by atoms with van der Waals surface area (Å²) in [7, 11) is 1.59. The van der Waals surface area contributed by atoms with Crippen LogP contribution in [0.2, 0.25) is 0 Å². The van der Waals surface area contributed by atoms with Gasteiger partial charge < -0.3 is 15.2 Å². The van der Waals surface area contributed by atoms with Gasteiger partial charge in [0.05, 0.1) is 0 Å². The number of hydrogen-bond donors (Lipinski definition) is 2. The fourth-order valence-corrected chi connectivity index (χ4v) is 0.649. The zero-order valence-electron chi connectivity index (χ0n) is 7.00. The maximum Gasteiger partial charge on any atom is 0.394 e. The van der Waals surface area contributed by atoms with Gasteiger partial charge >= 0.3 is 11.9 Å². The number of rotatable bonds is 5. The lowest BCUT2D eigenvalue weighted by atomic mass is 10.3. The van der Waals surface area contributed by atoms with Crippen molar-refractivity contribution in [1.82, 2.24) is 5.32 Å². The molecule has 1 amide bonds. The predicted molar refractivity (Wildman–Crippen MR) is 41.8 cm³/mol. The summed E-state index contributed by atoms with van der Waals surface area (Å²) in [6, 6.07) is 0. The van der Waals surface area contributed by atoms with E-state index in [1.165, 1.54) is 0 Å². The van der Waals surface area contributed by atoms with E-state index in [2.05, 4.69) is 5.32 Å². The van der Waals surface area contributed by atoms with Crippen molar-refractivity contribution in [2.45, 2.75) is 12.8 Å². The lowest BCUT2D eigenvalue weighted by Gasteiger charge is -2.00. The second kappa shape index (κ2) is 6.60. The van der Waals surface area contributed by atoms with Crippen molar-refractivity contribution in [1.29, 1.82) is 0 Å². The molecule has 0 unspecified atom stereocenters. The van der Waals surface area contributed by atoms with Crippen molar-refractivity contribution >= 4 is 11.9 Å². The van der Waals surface area contributed by atoms with Crippen molar-refractivity contribution in [3.63, 3.8) is 0 Å². The minimum absolute atomic E-state index is 0.383. The molecule has 0 aliphatic heterocycles. The normalized spacial score (nSPS) is 9.42. The van der Waals surface area contributed by atoms with Gasteiger partial charge in [0, 0.05) is 20.3 Å². The van der Waals surface area contributed by atoms with Crippen molar-refractivity contribution in [2.75, 3.05) is 20.3 Å². The Morgan fingerprint density at radius 2 is 2.08 bits per heavy atom. The number of unbranched alkanes of at least 4 members (excludes halogenated alkanes) is 1. The van der Waals surface area contributed by atoms with Gasteiger partial charge in [-0.15, -0.1) is 0 Å². The first kappa shape index (κ1) is 10.9. The second-order valence-corrected chi connectivity index (χ2v) is 2.26. The Morgan fingerprint density at radius 3 is 2.58 bits per heavy atom. The van der Waals surface area contributed by atoms with E-state index < -0.39 is 11.9 Å². The number of methoxy groups -OCH3 is 1. The van der Waals surface area contributed by atoms with Gasteiger partial charge in [-0.3, -0.25) is 4.79 Å². The number of hydrogen-bond acceptors (Lipinski definition) is 3. The summed E-state index contributed by atoms with van der Waals surface area (Å²) in [6.45, 7) is 1.01. The van der Waals surface area contributed by atoms with Crippen LogP contribution in [-0.4, -0.2) is 37.2 Å². The molecule has 0 aliphatic carbocycles. The lowest BCUT2D eigenvalue weighted by molar-refractivity contribution is -0.150. The third-order valence-corrected chi connectivity index (χ3v) is 1.26. The molecule has 0 rings (SSSR count). The molecule has 0 atom stereocenters. The first-order valence-corrected chi connectivity index (χ1v) is 3.68. The topological polar surface area (TPSA) is 75.6 Å². The number of carboxylic acid groups (broad SMARTS) is 1. The molecule has 5 heteroatoms. The lowest BCUT2D eigenvalue weighted by Crippen LogP contribution is -2.31. The molecule has 0 aliphatic rings. The molecule has 0 heterocycles. The Hall–Kier alpha value is -1.10. The van der Waals surface area contributed by atoms with Gasteiger partial charge in [-0.2, -0.15) is 0 Å². The Balaban J connectivity index is 3.20. The van der Waals surface area contributed by atoms with Gasteiger partial charge in [0.15, 0.2) is 0 Å². The number of amides is 1. The monoisotopic (exact) mass is 175 g/mol. The summed E-state index contributed by atoms with van der Waals surface area (Å²) in [4.78, 5) is 20.4. The molecule has 0 radical (unpaired) electrons. The second-order valence-electron chi connectivity index (χ2n) is 2.26. The minimum Gasteiger partial charge on any atom is -0.474 e. The van der Waals surface area contributed by atoms with Crippen LogP contribution in [0.4, 0.5) is 0 Å². The van der Waals surface area contributed by atoms with Crippen LogP contribution in [0.1, 0.15) is 12.8 Å². The zero-order chi connectivity index (χ0) is 9.40. The highest BCUT2D eigenvalue weighted by molar-refractivity contribution is 6.31. The van der Waals surface area contributed by atoms with Crippen LogP contribution in [0, 0.1) is 0 Å². The Kier molecular flexibility index (Phi) is 6.00. The average Bonchev–Trinajstić information content (AvgIpc) is 2.03. The fraction of sp³-hybridized carbons (Fsp3) is 0.714. The molecular formula is C7H13NO4. The molecule has 0 aromatic rings. The molecular weight excluding hydrogens is 162 g/mol. The van der Waals surface area contributed by atoms with E-state index in [1.807, 2.05) is 0 Å². The molecule has 12 heavy (non-hydrogen) atoms. The Morgan fingerprint density at radius 1 is 1.42 bits per heavy atom. The number of aliphatic carboxylic acids is 1. The van der Waals surface area contributed by atoms with Crippen LogP contribution in [0.5, 0.6) is 0 Å². The summed E-state index contributed by atoms with van der Waals surface area (Å²) in [5, 5.41) is 10.4. The Bertz CT molecular complexity index is 157. The van der Waals surface area contributed by atoms with Crippen LogP contribution < -0.4 is 5.32 Å². The SMILES string of the molecule is COCCCCNC(=O)C(=O)O. The maximum atomic E-state index is 10.4. The summed E-state index contributed by atoms with van der Waals surface area (Å²) < 4.78 is 4.77. The third-order valence-electron chi connectivity index (χ3n) is 1.26. The van der Waals surface area contributed by atoms with E-state index in [0.717, 1.165) is 12.8 Å². The molecule has 2 N–H and O–H groups in total. The van der Waals surface area contributed by atoms with E-state index >= 15 is 0 Å². The van der Waals surface area contributed by atoms with Crippen molar-refractivity contribution in [2.24, 2.45) is 0 Å². The first-order valence-electron chi connectivity index (χ1n) is 3.68. The van der Waals surface area contributed by atoms with Gasteiger partial charge in [-0.05, 0) is 12.8 Å². The smallest absolute Gasteiger partial charge is 0.394 e. The average molecular weight is 175 g/mol. The zero-order valence-corrected chi connectivity index (χ0v) is 7.00. The Labute approximate surface area is 70.7 Å². The van der Waals surface area contributed by atoms with Crippen LogP contribution in [0.25, 0.3) is 0 Å². The molecule has 0 aromatic heterocycles. The van der Waals surface area contributed by atoms with Crippen LogP contribution in [-0.2, 0) is 14.3 Å². The number of carbonyl (C=O) groups is 2. The minimum atomic E-state index is -1.44.